The zero-order valence-corrected chi connectivity index (χ0v) is 9.90. The van der Waals surface area contributed by atoms with E-state index in [1.807, 2.05) is 12.3 Å². The maximum Gasteiger partial charge on any atom is 0.341 e. The van der Waals surface area contributed by atoms with Crippen molar-refractivity contribution in [1.82, 2.24) is 9.55 Å². The summed E-state index contributed by atoms with van der Waals surface area (Å²) in [5.74, 6) is -1.21. The van der Waals surface area contributed by atoms with Crippen LogP contribution in [0.1, 0.15) is 21.1 Å². The molecule has 0 radical (unpaired) electrons. The van der Waals surface area contributed by atoms with E-state index in [1.54, 1.807) is 10.8 Å². The normalized spacial score (nSPS) is 10.4. The Morgan fingerprint density at radius 1 is 1.59 bits per heavy atom. The molecule has 0 saturated carbocycles. The molecule has 5 nitrogen and oxygen atoms in total. The number of hydrogen-bond donors (Lipinski definition) is 1. The van der Waals surface area contributed by atoms with Gasteiger partial charge in [0.1, 0.15) is 10.6 Å². The van der Waals surface area contributed by atoms with Crippen molar-refractivity contribution in [2.45, 2.75) is 13.5 Å². The molecule has 88 valence electrons. The molecule has 0 aliphatic rings. The van der Waals surface area contributed by atoms with Crippen molar-refractivity contribution in [2.75, 3.05) is 0 Å². The fraction of sp³-hybridized carbons (Fsp3) is 0.182. The fourth-order valence-electron chi connectivity index (χ4n) is 1.42. The highest BCUT2D eigenvalue weighted by Crippen LogP contribution is 2.10. The van der Waals surface area contributed by atoms with Crippen LogP contribution in [0, 0.1) is 6.92 Å². The average molecular weight is 250 g/mol. The molecule has 2 rings (SSSR count). The van der Waals surface area contributed by atoms with Crippen LogP contribution in [0.2, 0.25) is 0 Å². The molecule has 2 aromatic rings. The molecule has 0 fully saturated rings. The summed E-state index contributed by atoms with van der Waals surface area (Å²) in [7, 11) is 0. The van der Waals surface area contributed by atoms with Crippen molar-refractivity contribution >= 4 is 17.3 Å². The second-order valence-corrected chi connectivity index (χ2v) is 4.53. The molecule has 1 N–H and O–H groups in total. The zero-order valence-electron chi connectivity index (χ0n) is 9.08. The largest absolute Gasteiger partial charge is 0.477 e. The third kappa shape index (κ3) is 2.59. The van der Waals surface area contributed by atoms with Crippen LogP contribution < -0.4 is 5.43 Å². The lowest BCUT2D eigenvalue weighted by atomic mass is 10.3. The minimum absolute atomic E-state index is 0.222. The van der Waals surface area contributed by atoms with Crippen molar-refractivity contribution < 1.29 is 9.90 Å². The highest BCUT2D eigenvalue weighted by atomic mass is 32.1. The highest BCUT2D eigenvalue weighted by molar-refractivity contribution is 7.09. The minimum atomic E-state index is -1.21. The molecule has 2 heterocycles. The Morgan fingerprint density at radius 3 is 2.94 bits per heavy atom. The summed E-state index contributed by atoms with van der Waals surface area (Å²) < 4.78 is 1.64. The predicted octanol–water partition coefficient (Wildman–Crippen LogP) is 1.36. The quantitative estimate of drug-likeness (QED) is 0.892. The first-order chi connectivity index (χ1) is 8.06. The van der Waals surface area contributed by atoms with Crippen molar-refractivity contribution in [3.05, 3.63) is 50.3 Å². The van der Waals surface area contributed by atoms with E-state index < -0.39 is 11.4 Å². The molecule has 0 saturated heterocycles. The van der Waals surface area contributed by atoms with Crippen molar-refractivity contribution in [1.29, 1.82) is 0 Å². The van der Waals surface area contributed by atoms with E-state index in [0.717, 1.165) is 10.7 Å². The molecule has 17 heavy (non-hydrogen) atoms. The smallest absolute Gasteiger partial charge is 0.341 e. The lowest BCUT2D eigenvalue weighted by Crippen LogP contribution is -2.16. The van der Waals surface area contributed by atoms with Gasteiger partial charge in [-0.1, -0.05) is 0 Å². The van der Waals surface area contributed by atoms with Gasteiger partial charge in [0.15, 0.2) is 5.43 Å². The van der Waals surface area contributed by atoms with Crippen LogP contribution in [0.15, 0.2) is 28.6 Å². The van der Waals surface area contributed by atoms with E-state index >= 15 is 0 Å². The van der Waals surface area contributed by atoms with Crippen LogP contribution in [0.5, 0.6) is 0 Å². The molecule has 0 bridgehead atoms. The molecular weight excluding hydrogens is 240 g/mol. The van der Waals surface area contributed by atoms with Gasteiger partial charge in [-0.3, -0.25) is 4.79 Å². The first kappa shape index (κ1) is 11.5. The number of rotatable bonds is 3. The average Bonchev–Trinajstić information content (AvgIpc) is 2.66. The molecule has 0 unspecified atom stereocenters. The van der Waals surface area contributed by atoms with Crippen LogP contribution in [0.3, 0.4) is 0 Å². The van der Waals surface area contributed by atoms with Gasteiger partial charge >= 0.3 is 5.97 Å². The van der Waals surface area contributed by atoms with E-state index in [9.17, 15) is 9.59 Å². The fourth-order valence-corrected chi connectivity index (χ4v) is 2.20. The van der Waals surface area contributed by atoms with Gasteiger partial charge in [0, 0.05) is 29.5 Å². The number of aromatic nitrogens is 2. The Morgan fingerprint density at radius 2 is 2.35 bits per heavy atom. The van der Waals surface area contributed by atoms with E-state index in [-0.39, 0.29) is 5.56 Å². The number of carbonyl (C=O) groups is 1. The number of nitrogens with zero attached hydrogens (tertiary/aromatic N) is 2. The topological polar surface area (TPSA) is 72.2 Å². The molecule has 0 aromatic carbocycles. The molecule has 0 aliphatic carbocycles. The summed E-state index contributed by atoms with van der Waals surface area (Å²) in [6, 6.07) is 1.25. The lowest BCUT2D eigenvalue weighted by Gasteiger charge is -2.04. The summed E-state index contributed by atoms with van der Waals surface area (Å²) in [5.41, 5.74) is 0.231. The number of aromatic carboxylic acids is 1. The van der Waals surface area contributed by atoms with Crippen LogP contribution >= 0.6 is 11.3 Å². The molecule has 0 atom stereocenters. The van der Waals surface area contributed by atoms with Crippen LogP contribution in [-0.4, -0.2) is 20.6 Å². The first-order valence-corrected chi connectivity index (χ1v) is 5.78. The van der Waals surface area contributed by atoms with Crippen molar-refractivity contribution in [3.63, 3.8) is 0 Å². The maximum atomic E-state index is 11.3. The Labute approximate surface area is 101 Å². The Kier molecular flexibility index (Phi) is 3.06. The van der Waals surface area contributed by atoms with Crippen molar-refractivity contribution in [3.8, 4) is 0 Å². The molecular formula is C11H10N2O3S. The standard InChI is InChI=1S/C11H10N2O3S/c1-7-6-17-10(12-7)5-13-3-2-9(14)8(4-13)11(15)16/h2-4,6H,5H2,1H3,(H,15,16). The number of thiazole rings is 1. The van der Waals surface area contributed by atoms with Crippen LogP contribution in [0.4, 0.5) is 0 Å². The summed E-state index contributed by atoms with van der Waals surface area (Å²) in [6.07, 6.45) is 2.90. The number of carboxylic acids is 1. The van der Waals surface area contributed by atoms with Gasteiger partial charge in [-0.2, -0.15) is 0 Å². The van der Waals surface area contributed by atoms with E-state index in [1.165, 1.54) is 23.6 Å². The van der Waals surface area contributed by atoms with Gasteiger partial charge < -0.3 is 9.67 Å². The third-order valence-electron chi connectivity index (χ3n) is 2.19. The van der Waals surface area contributed by atoms with Gasteiger partial charge in [-0.05, 0) is 6.92 Å². The Hall–Kier alpha value is -1.95. The van der Waals surface area contributed by atoms with Gasteiger partial charge in [0.2, 0.25) is 0 Å². The summed E-state index contributed by atoms with van der Waals surface area (Å²) in [5, 5.41) is 11.6. The lowest BCUT2D eigenvalue weighted by molar-refractivity contribution is 0.0694. The predicted molar refractivity (Wildman–Crippen MR) is 63.6 cm³/mol. The van der Waals surface area contributed by atoms with E-state index in [4.69, 9.17) is 5.11 Å². The number of pyridine rings is 1. The molecule has 0 spiro atoms. The third-order valence-corrected chi connectivity index (χ3v) is 3.14. The van der Waals surface area contributed by atoms with Gasteiger partial charge in [-0.25, -0.2) is 9.78 Å². The van der Waals surface area contributed by atoms with Crippen LogP contribution in [-0.2, 0) is 6.54 Å². The zero-order chi connectivity index (χ0) is 12.4. The van der Waals surface area contributed by atoms with Crippen LogP contribution in [0.25, 0.3) is 0 Å². The molecule has 6 heteroatoms. The molecule has 0 aliphatic heterocycles. The SMILES string of the molecule is Cc1csc(Cn2ccc(=O)c(C(=O)O)c2)n1. The second kappa shape index (κ2) is 4.50. The number of carboxylic acid groups (broad SMARTS) is 1. The van der Waals surface area contributed by atoms with E-state index in [0.29, 0.717) is 6.54 Å². The minimum Gasteiger partial charge on any atom is -0.477 e. The summed E-state index contributed by atoms with van der Waals surface area (Å²) in [6.45, 7) is 2.37. The Bertz CT molecular complexity index is 615. The molecule has 2 aromatic heterocycles. The summed E-state index contributed by atoms with van der Waals surface area (Å²) in [4.78, 5) is 26.3. The van der Waals surface area contributed by atoms with Gasteiger partial charge in [0.05, 0.1) is 6.54 Å². The van der Waals surface area contributed by atoms with Gasteiger partial charge in [0.25, 0.3) is 0 Å². The first-order valence-electron chi connectivity index (χ1n) is 4.90. The highest BCUT2D eigenvalue weighted by Gasteiger charge is 2.08. The number of aryl methyl sites for hydroxylation is 1. The molecule has 0 amide bonds. The van der Waals surface area contributed by atoms with E-state index in [2.05, 4.69) is 4.98 Å². The second-order valence-electron chi connectivity index (χ2n) is 3.58. The number of hydrogen-bond acceptors (Lipinski definition) is 4. The Balaban J connectivity index is 2.31. The van der Waals surface area contributed by atoms with Crippen molar-refractivity contribution in [2.24, 2.45) is 0 Å². The van der Waals surface area contributed by atoms with Gasteiger partial charge in [-0.15, -0.1) is 11.3 Å². The monoisotopic (exact) mass is 250 g/mol. The maximum absolute atomic E-state index is 11.3. The summed E-state index contributed by atoms with van der Waals surface area (Å²) >= 11 is 1.51.